The molecule has 0 aromatic carbocycles. The first-order valence-electron chi connectivity index (χ1n) is 8.05. The van der Waals surface area contributed by atoms with Crippen molar-refractivity contribution in [2.75, 3.05) is 26.2 Å². The van der Waals surface area contributed by atoms with E-state index in [4.69, 9.17) is 0 Å². The van der Waals surface area contributed by atoms with E-state index in [1.165, 1.54) is 38.5 Å². The van der Waals surface area contributed by atoms with Gasteiger partial charge in [0.15, 0.2) is 5.78 Å². The molecule has 2 atom stereocenters. The van der Waals surface area contributed by atoms with Gasteiger partial charge in [0.05, 0.1) is 12.1 Å². The summed E-state index contributed by atoms with van der Waals surface area (Å²) in [4.78, 5) is 17.5. The highest BCUT2D eigenvalue weighted by Gasteiger charge is 2.32. The van der Waals surface area contributed by atoms with Crippen LogP contribution in [0.2, 0.25) is 0 Å². The molecule has 2 saturated heterocycles. The second kappa shape index (κ2) is 7.75. The maximum Gasteiger partial charge on any atom is 0.174 e. The fourth-order valence-corrected chi connectivity index (χ4v) is 3.46. The molecule has 3 heteroatoms. The van der Waals surface area contributed by atoms with Gasteiger partial charge in [-0.05, 0) is 51.9 Å². The summed E-state index contributed by atoms with van der Waals surface area (Å²) < 4.78 is 0. The third-order valence-electron chi connectivity index (χ3n) is 4.60. The normalized spacial score (nSPS) is 24.8. The zero-order valence-corrected chi connectivity index (χ0v) is 12.6. The van der Waals surface area contributed by atoms with Crippen molar-refractivity contribution in [1.82, 2.24) is 9.80 Å². The minimum Gasteiger partial charge on any atom is -0.295 e. The largest absolute Gasteiger partial charge is 0.295 e. The minimum absolute atomic E-state index is 0.139. The van der Waals surface area contributed by atoms with Crippen LogP contribution in [0.5, 0.6) is 0 Å². The van der Waals surface area contributed by atoms with Gasteiger partial charge in [0, 0.05) is 0 Å². The second-order valence-corrected chi connectivity index (χ2v) is 5.96. The third-order valence-corrected chi connectivity index (χ3v) is 4.60. The number of hydrogen-bond acceptors (Lipinski definition) is 3. The van der Waals surface area contributed by atoms with E-state index < -0.39 is 0 Å². The number of carbonyl (C=O) groups is 1. The molecule has 2 heterocycles. The van der Waals surface area contributed by atoms with Crippen molar-refractivity contribution in [3.8, 4) is 0 Å². The Morgan fingerprint density at radius 2 is 1.10 bits per heavy atom. The molecular formula is C17H28N2O. The molecular weight excluding hydrogens is 248 g/mol. The predicted octanol–water partition coefficient (Wildman–Crippen LogP) is 2.64. The average molecular weight is 276 g/mol. The molecule has 0 amide bonds. The first kappa shape index (κ1) is 15.5. The molecule has 0 saturated carbocycles. The fourth-order valence-electron chi connectivity index (χ4n) is 3.46. The lowest BCUT2D eigenvalue weighted by molar-refractivity contribution is -0.127. The van der Waals surface area contributed by atoms with Crippen molar-refractivity contribution in [1.29, 1.82) is 0 Å². The smallest absolute Gasteiger partial charge is 0.174 e. The van der Waals surface area contributed by atoms with E-state index in [9.17, 15) is 4.79 Å². The number of carbonyl (C=O) groups excluding carboxylic acids is 1. The van der Waals surface area contributed by atoms with Crippen molar-refractivity contribution in [2.24, 2.45) is 0 Å². The molecule has 2 rings (SSSR count). The molecule has 20 heavy (non-hydrogen) atoms. The standard InChI is InChI=1S/C17H28N2O/c1-3-15(18-11-7-5-8-12-18)17(20)16(4-2)19-13-9-6-10-14-19/h3-4,15-16H,1-2,5-14H2. The van der Waals surface area contributed by atoms with Crippen LogP contribution in [0.3, 0.4) is 0 Å². The molecule has 0 aliphatic carbocycles. The second-order valence-electron chi connectivity index (χ2n) is 5.96. The van der Waals surface area contributed by atoms with Gasteiger partial charge in [-0.25, -0.2) is 0 Å². The van der Waals surface area contributed by atoms with Gasteiger partial charge in [0.25, 0.3) is 0 Å². The molecule has 0 radical (unpaired) electrons. The molecule has 3 nitrogen and oxygen atoms in total. The SMILES string of the molecule is C=CC(C(=O)C(C=C)N1CCCCC1)N1CCCCC1. The van der Waals surface area contributed by atoms with E-state index >= 15 is 0 Å². The molecule has 2 aliphatic rings. The van der Waals surface area contributed by atoms with Crippen LogP contribution >= 0.6 is 0 Å². The Bertz CT molecular complexity index is 309. The minimum atomic E-state index is -0.139. The van der Waals surface area contributed by atoms with Gasteiger partial charge in [-0.15, -0.1) is 13.2 Å². The number of Topliss-reactive ketones (excluding diaryl/α,β-unsaturated/α-hetero) is 1. The van der Waals surface area contributed by atoms with Crippen LogP contribution in [0.15, 0.2) is 25.3 Å². The molecule has 0 N–H and O–H groups in total. The monoisotopic (exact) mass is 276 g/mol. The zero-order valence-electron chi connectivity index (χ0n) is 12.6. The number of nitrogens with zero attached hydrogens (tertiary/aromatic N) is 2. The molecule has 2 fully saturated rings. The van der Waals surface area contributed by atoms with E-state index in [2.05, 4.69) is 23.0 Å². The van der Waals surface area contributed by atoms with Crippen LogP contribution in [0.1, 0.15) is 38.5 Å². The van der Waals surface area contributed by atoms with E-state index in [1.807, 2.05) is 12.2 Å². The predicted molar refractivity (Wildman–Crippen MR) is 83.8 cm³/mol. The number of rotatable bonds is 6. The summed E-state index contributed by atoms with van der Waals surface area (Å²) in [5, 5.41) is 0. The fraction of sp³-hybridized carbons (Fsp3) is 0.706. The van der Waals surface area contributed by atoms with Gasteiger partial charge in [0.2, 0.25) is 0 Å². The lowest BCUT2D eigenvalue weighted by Crippen LogP contribution is -2.52. The summed E-state index contributed by atoms with van der Waals surface area (Å²) in [5.41, 5.74) is 0. The van der Waals surface area contributed by atoms with E-state index in [0.717, 1.165) is 26.2 Å². The molecule has 2 aliphatic heterocycles. The van der Waals surface area contributed by atoms with E-state index in [-0.39, 0.29) is 17.9 Å². The van der Waals surface area contributed by atoms with Gasteiger partial charge in [-0.2, -0.15) is 0 Å². The molecule has 112 valence electrons. The van der Waals surface area contributed by atoms with Gasteiger partial charge >= 0.3 is 0 Å². The van der Waals surface area contributed by atoms with E-state index in [0.29, 0.717) is 0 Å². The Labute approximate surface area is 123 Å². The summed E-state index contributed by atoms with van der Waals surface area (Å²) in [6.07, 6.45) is 11.0. The summed E-state index contributed by atoms with van der Waals surface area (Å²) in [6, 6.07) is -0.277. The zero-order chi connectivity index (χ0) is 14.4. The van der Waals surface area contributed by atoms with Crippen LogP contribution in [0, 0.1) is 0 Å². The molecule has 0 bridgehead atoms. The summed E-state index contributed by atoms with van der Waals surface area (Å²) in [6.45, 7) is 11.9. The Morgan fingerprint density at radius 1 is 0.750 bits per heavy atom. The highest BCUT2D eigenvalue weighted by molar-refractivity contribution is 5.92. The Kier molecular flexibility index (Phi) is 5.99. The van der Waals surface area contributed by atoms with Crippen molar-refractivity contribution < 1.29 is 4.79 Å². The highest BCUT2D eigenvalue weighted by atomic mass is 16.1. The average Bonchev–Trinajstić information content (AvgIpc) is 2.51. The first-order chi connectivity index (χ1) is 9.77. The summed E-state index contributed by atoms with van der Waals surface area (Å²) in [7, 11) is 0. The lowest BCUT2D eigenvalue weighted by atomic mass is 9.98. The highest BCUT2D eigenvalue weighted by Crippen LogP contribution is 2.19. The third kappa shape index (κ3) is 3.58. The lowest BCUT2D eigenvalue weighted by Gasteiger charge is -2.37. The van der Waals surface area contributed by atoms with Crippen LogP contribution in [0.25, 0.3) is 0 Å². The molecule has 0 aromatic heterocycles. The van der Waals surface area contributed by atoms with Crippen LogP contribution in [-0.2, 0) is 4.79 Å². The first-order valence-corrected chi connectivity index (χ1v) is 8.05. The van der Waals surface area contributed by atoms with Crippen LogP contribution in [-0.4, -0.2) is 53.8 Å². The number of hydrogen-bond donors (Lipinski definition) is 0. The summed E-state index contributed by atoms with van der Waals surface area (Å²) in [5.74, 6) is 0.263. The Balaban J connectivity index is 2.04. The Morgan fingerprint density at radius 3 is 1.40 bits per heavy atom. The number of likely N-dealkylation sites (tertiary alicyclic amines) is 2. The van der Waals surface area contributed by atoms with Crippen molar-refractivity contribution in [2.45, 2.75) is 50.6 Å². The quantitative estimate of drug-likeness (QED) is 0.697. The maximum absolute atomic E-state index is 12.9. The van der Waals surface area contributed by atoms with Crippen molar-refractivity contribution in [3.05, 3.63) is 25.3 Å². The van der Waals surface area contributed by atoms with Crippen molar-refractivity contribution in [3.63, 3.8) is 0 Å². The maximum atomic E-state index is 12.9. The molecule has 0 spiro atoms. The van der Waals surface area contributed by atoms with E-state index in [1.54, 1.807) is 0 Å². The van der Waals surface area contributed by atoms with Gasteiger partial charge in [0.1, 0.15) is 0 Å². The molecule has 0 aromatic rings. The number of ketones is 1. The van der Waals surface area contributed by atoms with Crippen LogP contribution in [0.4, 0.5) is 0 Å². The van der Waals surface area contributed by atoms with Crippen molar-refractivity contribution >= 4 is 5.78 Å². The van der Waals surface area contributed by atoms with Gasteiger partial charge in [-0.1, -0.05) is 25.0 Å². The van der Waals surface area contributed by atoms with Gasteiger partial charge in [-0.3, -0.25) is 14.6 Å². The summed E-state index contributed by atoms with van der Waals surface area (Å²) >= 11 is 0. The Hall–Kier alpha value is -0.930. The number of piperidine rings is 2. The van der Waals surface area contributed by atoms with Crippen LogP contribution < -0.4 is 0 Å². The van der Waals surface area contributed by atoms with Gasteiger partial charge < -0.3 is 0 Å². The topological polar surface area (TPSA) is 23.6 Å². The molecule has 2 unspecified atom stereocenters.